The molecule has 0 aliphatic heterocycles. The number of ether oxygens (including phenoxy) is 2. The zero-order valence-corrected chi connectivity index (χ0v) is 12.8. The quantitative estimate of drug-likeness (QED) is 0.792. The molecule has 0 aliphatic rings. The molecular weight excluding hydrogens is 284 g/mol. The van der Waals surface area contributed by atoms with Crippen molar-refractivity contribution >= 4 is 11.9 Å². The molecule has 5 nitrogen and oxygen atoms in total. The maximum atomic E-state index is 12.0. The summed E-state index contributed by atoms with van der Waals surface area (Å²) >= 11 is 0. The zero-order valence-electron chi connectivity index (χ0n) is 12.8. The minimum Gasteiger partial charge on any atom is -0.465 e. The van der Waals surface area contributed by atoms with Gasteiger partial charge in [-0.3, -0.25) is 0 Å². The van der Waals surface area contributed by atoms with E-state index in [2.05, 4.69) is 0 Å². The summed E-state index contributed by atoms with van der Waals surface area (Å²) in [4.78, 5) is 23.7. The lowest BCUT2D eigenvalue weighted by molar-refractivity contribution is 0.0422. The molecule has 22 heavy (non-hydrogen) atoms. The summed E-state index contributed by atoms with van der Waals surface area (Å²) in [5.74, 6) is -0.682. The Bertz CT molecular complexity index is 684. The Balaban J connectivity index is 2.04. The normalized spacial score (nSPS) is 10.3. The number of hydrogen-bond donors (Lipinski definition) is 0. The Hall–Kier alpha value is -2.56. The van der Waals surface area contributed by atoms with Gasteiger partial charge in [-0.05, 0) is 50.1 Å². The van der Waals surface area contributed by atoms with Crippen LogP contribution >= 0.6 is 0 Å². The predicted molar refractivity (Wildman–Crippen MR) is 79.7 cm³/mol. The van der Waals surface area contributed by atoms with Gasteiger partial charge in [0, 0.05) is 0 Å². The van der Waals surface area contributed by atoms with Crippen molar-refractivity contribution in [3.63, 3.8) is 0 Å². The first-order valence-electron chi connectivity index (χ1n) is 7.00. The predicted octanol–water partition coefficient (Wildman–Crippen LogP) is 3.43. The van der Waals surface area contributed by atoms with Crippen LogP contribution in [0.1, 0.15) is 44.5 Å². The van der Waals surface area contributed by atoms with Crippen LogP contribution in [-0.4, -0.2) is 18.5 Å². The van der Waals surface area contributed by atoms with E-state index in [0.29, 0.717) is 5.56 Å². The van der Waals surface area contributed by atoms with Gasteiger partial charge in [0.2, 0.25) is 0 Å². The van der Waals surface area contributed by atoms with Crippen LogP contribution in [0.25, 0.3) is 0 Å². The molecule has 1 heterocycles. The van der Waals surface area contributed by atoms with Crippen molar-refractivity contribution in [3.05, 3.63) is 58.5 Å². The number of rotatable bonds is 5. The van der Waals surface area contributed by atoms with Gasteiger partial charge >= 0.3 is 11.9 Å². The molecule has 0 fully saturated rings. The summed E-state index contributed by atoms with van der Waals surface area (Å²) < 4.78 is 15.3. The highest BCUT2D eigenvalue weighted by molar-refractivity contribution is 5.91. The van der Waals surface area contributed by atoms with E-state index in [1.165, 1.54) is 12.3 Å². The van der Waals surface area contributed by atoms with E-state index in [9.17, 15) is 9.59 Å². The Morgan fingerprint density at radius 2 is 1.82 bits per heavy atom. The number of carbonyl (C=O) groups excluding carboxylic acids is 2. The van der Waals surface area contributed by atoms with E-state index in [-0.39, 0.29) is 24.5 Å². The molecule has 2 rings (SSSR count). The van der Waals surface area contributed by atoms with Crippen molar-refractivity contribution in [3.8, 4) is 0 Å². The third-order valence-corrected chi connectivity index (χ3v) is 3.32. The largest absolute Gasteiger partial charge is 0.465 e. The highest BCUT2D eigenvalue weighted by atomic mass is 16.5. The Kier molecular flexibility index (Phi) is 4.99. The zero-order chi connectivity index (χ0) is 16.1. The number of esters is 2. The van der Waals surface area contributed by atoms with Crippen LogP contribution in [0.2, 0.25) is 0 Å². The van der Waals surface area contributed by atoms with Gasteiger partial charge < -0.3 is 13.9 Å². The van der Waals surface area contributed by atoms with Gasteiger partial charge in [0.15, 0.2) is 12.4 Å². The number of benzene rings is 1. The molecule has 1 aromatic heterocycles. The molecule has 2 aromatic rings. The van der Waals surface area contributed by atoms with Gasteiger partial charge in [0.25, 0.3) is 0 Å². The molecule has 0 unspecified atom stereocenters. The molecule has 5 heteroatoms. The fourth-order valence-electron chi connectivity index (χ4n) is 1.93. The van der Waals surface area contributed by atoms with E-state index in [1.807, 2.05) is 19.9 Å². The summed E-state index contributed by atoms with van der Waals surface area (Å²) in [7, 11) is 0. The monoisotopic (exact) mass is 302 g/mol. The lowest BCUT2D eigenvalue weighted by Crippen LogP contribution is -2.09. The van der Waals surface area contributed by atoms with Gasteiger partial charge in [-0.15, -0.1) is 0 Å². The standard InChI is InChI=1S/C17H18O5/c1-4-20-17(19)14-7-8-21-15(14)10-22-16(18)13-6-5-11(2)12(3)9-13/h5-9H,4,10H2,1-3H3. The number of furan rings is 1. The number of aryl methyl sites for hydroxylation is 2. The smallest absolute Gasteiger partial charge is 0.341 e. The molecule has 0 N–H and O–H groups in total. The minimum atomic E-state index is -0.492. The fraction of sp³-hybridized carbons (Fsp3) is 0.294. The van der Waals surface area contributed by atoms with Crippen LogP contribution in [0.3, 0.4) is 0 Å². The fourth-order valence-corrected chi connectivity index (χ4v) is 1.93. The van der Waals surface area contributed by atoms with Gasteiger partial charge in [0.1, 0.15) is 5.56 Å². The Morgan fingerprint density at radius 3 is 2.50 bits per heavy atom. The van der Waals surface area contributed by atoms with Gasteiger partial charge in [-0.25, -0.2) is 9.59 Å². The van der Waals surface area contributed by atoms with E-state index < -0.39 is 11.9 Å². The van der Waals surface area contributed by atoms with E-state index in [1.54, 1.807) is 19.1 Å². The first kappa shape index (κ1) is 15.8. The molecule has 0 atom stereocenters. The average Bonchev–Trinajstić information content (AvgIpc) is 2.96. The van der Waals surface area contributed by atoms with Gasteiger partial charge in [-0.1, -0.05) is 6.07 Å². The molecule has 0 radical (unpaired) electrons. The maximum absolute atomic E-state index is 12.0. The van der Waals surface area contributed by atoms with Crippen molar-refractivity contribution in [2.45, 2.75) is 27.4 Å². The van der Waals surface area contributed by atoms with Crippen LogP contribution in [-0.2, 0) is 16.1 Å². The topological polar surface area (TPSA) is 65.7 Å². The minimum absolute atomic E-state index is 0.118. The maximum Gasteiger partial charge on any atom is 0.341 e. The lowest BCUT2D eigenvalue weighted by atomic mass is 10.1. The first-order chi connectivity index (χ1) is 10.5. The second kappa shape index (κ2) is 6.93. The number of hydrogen-bond acceptors (Lipinski definition) is 5. The van der Waals surface area contributed by atoms with Crippen molar-refractivity contribution in [1.82, 2.24) is 0 Å². The molecule has 0 saturated carbocycles. The van der Waals surface area contributed by atoms with E-state index in [4.69, 9.17) is 13.9 Å². The second-order valence-electron chi connectivity index (χ2n) is 4.85. The first-order valence-corrected chi connectivity index (χ1v) is 7.00. The van der Waals surface area contributed by atoms with Gasteiger partial charge in [-0.2, -0.15) is 0 Å². The van der Waals surface area contributed by atoms with Crippen LogP contribution in [0, 0.1) is 13.8 Å². The summed E-state index contributed by atoms with van der Waals surface area (Å²) in [5.41, 5.74) is 2.86. The Labute approximate surface area is 128 Å². The summed E-state index contributed by atoms with van der Waals surface area (Å²) in [6.07, 6.45) is 1.37. The van der Waals surface area contributed by atoms with E-state index >= 15 is 0 Å². The summed E-state index contributed by atoms with van der Waals surface area (Å²) in [6.45, 7) is 5.77. The molecule has 0 aliphatic carbocycles. The summed E-state index contributed by atoms with van der Waals surface area (Å²) in [6, 6.07) is 6.84. The van der Waals surface area contributed by atoms with Crippen LogP contribution in [0.15, 0.2) is 34.9 Å². The van der Waals surface area contributed by atoms with Crippen molar-refractivity contribution < 1.29 is 23.5 Å². The lowest BCUT2D eigenvalue weighted by Gasteiger charge is -2.07. The number of carbonyl (C=O) groups is 2. The van der Waals surface area contributed by atoms with Crippen LogP contribution in [0.5, 0.6) is 0 Å². The molecule has 0 amide bonds. The van der Waals surface area contributed by atoms with Crippen molar-refractivity contribution in [2.24, 2.45) is 0 Å². The second-order valence-corrected chi connectivity index (χ2v) is 4.85. The third-order valence-electron chi connectivity index (χ3n) is 3.32. The highest BCUT2D eigenvalue weighted by Crippen LogP contribution is 2.16. The van der Waals surface area contributed by atoms with E-state index in [0.717, 1.165) is 11.1 Å². The molecule has 116 valence electrons. The van der Waals surface area contributed by atoms with Crippen molar-refractivity contribution in [1.29, 1.82) is 0 Å². The highest BCUT2D eigenvalue weighted by Gasteiger charge is 2.17. The SMILES string of the molecule is CCOC(=O)c1ccoc1COC(=O)c1ccc(C)c(C)c1. The molecule has 0 spiro atoms. The van der Waals surface area contributed by atoms with Crippen molar-refractivity contribution in [2.75, 3.05) is 6.61 Å². The van der Waals surface area contributed by atoms with Crippen LogP contribution < -0.4 is 0 Å². The average molecular weight is 302 g/mol. The van der Waals surface area contributed by atoms with Gasteiger partial charge in [0.05, 0.1) is 18.4 Å². The third kappa shape index (κ3) is 3.55. The van der Waals surface area contributed by atoms with Crippen LogP contribution in [0.4, 0.5) is 0 Å². The Morgan fingerprint density at radius 1 is 1.05 bits per heavy atom. The molecular formula is C17H18O5. The summed E-state index contributed by atoms with van der Waals surface area (Å²) in [5, 5.41) is 0. The molecule has 0 saturated heterocycles. The molecule has 1 aromatic carbocycles. The molecule has 0 bridgehead atoms.